The van der Waals surface area contributed by atoms with Crippen molar-refractivity contribution in [2.45, 2.75) is 18.6 Å². The van der Waals surface area contributed by atoms with Crippen LogP contribution in [0.15, 0.2) is 18.2 Å². The summed E-state index contributed by atoms with van der Waals surface area (Å²) in [6.45, 7) is 0.427. The maximum Gasteiger partial charge on any atom is 0.236 e. The lowest BCUT2D eigenvalue weighted by molar-refractivity contribution is 0.283. The Hall–Kier alpha value is -0.810. The monoisotopic (exact) mass is 278 g/mol. The van der Waals surface area contributed by atoms with Crippen LogP contribution >= 0.6 is 10.7 Å². The molecule has 0 aromatic heterocycles. The number of benzene rings is 1. The van der Waals surface area contributed by atoms with E-state index in [-0.39, 0.29) is 11.3 Å². The topological polar surface area (TPSA) is 43.4 Å². The highest BCUT2D eigenvalue weighted by molar-refractivity contribution is 8.13. The summed E-state index contributed by atoms with van der Waals surface area (Å²) in [6, 6.07) is 4.19. The molecule has 94 valence electrons. The zero-order valence-corrected chi connectivity index (χ0v) is 10.6. The van der Waals surface area contributed by atoms with Crippen LogP contribution in [0.25, 0.3) is 0 Å². The fourth-order valence-electron chi connectivity index (χ4n) is 1.50. The van der Waals surface area contributed by atoms with Gasteiger partial charge in [-0.15, -0.1) is 0 Å². The quantitative estimate of drug-likeness (QED) is 0.778. The second-order valence-corrected chi connectivity index (χ2v) is 6.94. The molecule has 0 N–H and O–H groups in total. The minimum atomic E-state index is -3.71. The third-order valence-corrected chi connectivity index (χ3v) is 3.52. The number of ether oxygens (including phenoxy) is 1. The number of halogens is 2. The third-order valence-electron chi connectivity index (χ3n) is 2.54. The molecule has 1 saturated carbocycles. The van der Waals surface area contributed by atoms with E-state index in [1.807, 2.05) is 0 Å². The minimum Gasteiger partial charge on any atom is -0.490 e. The highest BCUT2D eigenvalue weighted by Gasteiger charge is 2.24. The third kappa shape index (κ3) is 3.85. The molecule has 2 rings (SSSR count). The Balaban J connectivity index is 2.20. The summed E-state index contributed by atoms with van der Waals surface area (Å²) >= 11 is 0. The van der Waals surface area contributed by atoms with Crippen molar-refractivity contribution in [1.82, 2.24) is 0 Å². The highest BCUT2D eigenvalue weighted by Crippen LogP contribution is 2.32. The standard InChI is InChI=1S/C11H12ClFO3S/c12-17(14,15)7-9-2-1-3-10(13)11(9)16-6-8-4-5-8/h1-3,8H,4-7H2. The van der Waals surface area contributed by atoms with Crippen molar-refractivity contribution in [3.05, 3.63) is 29.6 Å². The van der Waals surface area contributed by atoms with Gasteiger partial charge in [0.05, 0.1) is 12.4 Å². The molecule has 0 heterocycles. The molecule has 1 aliphatic rings. The fourth-order valence-corrected chi connectivity index (χ4v) is 2.45. The van der Waals surface area contributed by atoms with E-state index in [2.05, 4.69) is 0 Å². The molecule has 1 aliphatic carbocycles. The average Bonchev–Trinajstić information content (AvgIpc) is 2.98. The van der Waals surface area contributed by atoms with Crippen LogP contribution in [0.4, 0.5) is 4.39 Å². The molecule has 1 aromatic carbocycles. The van der Waals surface area contributed by atoms with Gasteiger partial charge in [0.25, 0.3) is 0 Å². The largest absolute Gasteiger partial charge is 0.490 e. The molecule has 0 radical (unpaired) electrons. The van der Waals surface area contributed by atoms with Gasteiger partial charge in [0.2, 0.25) is 9.05 Å². The van der Waals surface area contributed by atoms with Crippen LogP contribution in [0, 0.1) is 11.7 Å². The van der Waals surface area contributed by atoms with Crippen molar-refractivity contribution in [3.8, 4) is 5.75 Å². The van der Waals surface area contributed by atoms with E-state index < -0.39 is 20.6 Å². The molecular weight excluding hydrogens is 267 g/mol. The molecule has 0 spiro atoms. The number of hydrogen-bond acceptors (Lipinski definition) is 3. The zero-order valence-electron chi connectivity index (χ0n) is 9.03. The Labute approximate surface area is 104 Å². The molecule has 3 nitrogen and oxygen atoms in total. The van der Waals surface area contributed by atoms with Crippen LogP contribution in [0.2, 0.25) is 0 Å². The molecule has 1 fully saturated rings. The first-order chi connectivity index (χ1) is 7.96. The van der Waals surface area contributed by atoms with Crippen LogP contribution in [0.3, 0.4) is 0 Å². The van der Waals surface area contributed by atoms with E-state index in [4.69, 9.17) is 15.4 Å². The van der Waals surface area contributed by atoms with E-state index >= 15 is 0 Å². The van der Waals surface area contributed by atoms with Crippen LogP contribution in [0.5, 0.6) is 5.75 Å². The summed E-state index contributed by atoms with van der Waals surface area (Å²) in [4.78, 5) is 0. The number of rotatable bonds is 5. The van der Waals surface area contributed by atoms with Gasteiger partial charge in [-0.25, -0.2) is 12.8 Å². The van der Waals surface area contributed by atoms with E-state index in [9.17, 15) is 12.8 Å². The molecular formula is C11H12ClFO3S. The van der Waals surface area contributed by atoms with Crippen LogP contribution in [0.1, 0.15) is 18.4 Å². The van der Waals surface area contributed by atoms with Gasteiger partial charge < -0.3 is 4.74 Å². The average molecular weight is 279 g/mol. The SMILES string of the molecule is O=S(=O)(Cl)Cc1cccc(F)c1OCC1CC1. The molecule has 17 heavy (non-hydrogen) atoms. The first-order valence-corrected chi connectivity index (χ1v) is 7.76. The summed E-state index contributed by atoms with van der Waals surface area (Å²) in [5.41, 5.74) is 0.264. The fraction of sp³-hybridized carbons (Fsp3) is 0.455. The number of hydrogen-bond donors (Lipinski definition) is 0. The van der Waals surface area contributed by atoms with E-state index in [0.29, 0.717) is 12.5 Å². The molecule has 6 heteroatoms. The highest BCUT2D eigenvalue weighted by atomic mass is 35.7. The van der Waals surface area contributed by atoms with Crippen molar-refractivity contribution in [2.75, 3.05) is 6.61 Å². The summed E-state index contributed by atoms with van der Waals surface area (Å²) in [7, 11) is 1.45. The molecule has 0 atom stereocenters. The maximum absolute atomic E-state index is 13.5. The Morgan fingerprint density at radius 3 is 2.71 bits per heavy atom. The lowest BCUT2D eigenvalue weighted by Gasteiger charge is -2.10. The molecule has 0 saturated heterocycles. The molecule has 1 aromatic rings. The Bertz CT molecular complexity index is 511. The first-order valence-electron chi connectivity index (χ1n) is 5.28. The lowest BCUT2D eigenvalue weighted by atomic mass is 10.2. The predicted molar refractivity (Wildman–Crippen MR) is 63.1 cm³/mol. The van der Waals surface area contributed by atoms with Crippen molar-refractivity contribution in [2.24, 2.45) is 5.92 Å². The number of para-hydroxylation sites is 1. The smallest absolute Gasteiger partial charge is 0.236 e. The maximum atomic E-state index is 13.5. The molecule has 0 amide bonds. The van der Waals surface area contributed by atoms with Gasteiger partial charge in [-0.2, -0.15) is 0 Å². The van der Waals surface area contributed by atoms with Gasteiger partial charge >= 0.3 is 0 Å². The summed E-state index contributed by atoms with van der Waals surface area (Å²) < 4.78 is 40.9. The Kier molecular flexibility index (Phi) is 3.58. The van der Waals surface area contributed by atoms with Crippen molar-refractivity contribution < 1.29 is 17.5 Å². The summed E-state index contributed by atoms with van der Waals surface area (Å²) in [6.07, 6.45) is 2.16. The van der Waals surface area contributed by atoms with E-state index in [1.165, 1.54) is 18.2 Å². The van der Waals surface area contributed by atoms with Gasteiger partial charge in [-0.1, -0.05) is 12.1 Å². The van der Waals surface area contributed by atoms with Crippen LogP contribution in [-0.2, 0) is 14.8 Å². The molecule has 0 unspecified atom stereocenters. The van der Waals surface area contributed by atoms with Crippen LogP contribution in [-0.4, -0.2) is 15.0 Å². The zero-order chi connectivity index (χ0) is 12.5. The summed E-state index contributed by atoms with van der Waals surface area (Å²) in [5.74, 6) is -0.506. The van der Waals surface area contributed by atoms with Gasteiger partial charge in [-0.05, 0) is 24.8 Å². The summed E-state index contributed by atoms with van der Waals surface area (Å²) in [5, 5.41) is 0. The van der Waals surface area contributed by atoms with Gasteiger partial charge in [0, 0.05) is 16.2 Å². The second-order valence-electron chi connectivity index (χ2n) is 4.17. The molecule has 0 bridgehead atoms. The van der Waals surface area contributed by atoms with Gasteiger partial charge in [-0.3, -0.25) is 0 Å². The van der Waals surface area contributed by atoms with Crippen LogP contribution < -0.4 is 4.74 Å². The minimum absolute atomic E-state index is 0.00336. The Morgan fingerprint density at radius 1 is 1.41 bits per heavy atom. The van der Waals surface area contributed by atoms with Crippen molar-refractivity contribution in [3.63, 3.8) is 0 Å². The van der Waals surface area contributed by atoms with E-state index in [1.54, 1.807) is 0 Å². The van der Waals surface area contributed by atoms with E-state index in [0.717, 1.165) is 12.8 Å². The van der Waals surface area contributed by atoms with Crippen molar-refractivity contribution in [1.29, 1.82) is 0 Å². The predicted octanol–water partition coefficient (Wildman–Crippen LogP) is 2.68. The first kappa shape index (κ1) is 12.6. The Morgan fingerprint density at radius 2 is 2.12 bits per heavy atom. The normalized spacial score (nSPS) is 15.9. The lowest BCUT2D eigenvalue weighted by Crippen LogP contribution is -2.05. The molecule has 0 aliphatic heterocycles. The van der Waals surface area contributed by atoms with Crippen molar-refractivity contribution >= 4 is 19.7 Å². The van der Waals surface area contributed by atoms with Gasteiger partial charge in [0.15, 0.2) is 11.6 Å². The second kappa shape index (κ2) is 4.82. The van der Waals surface area contributed by atoms with Gasteiger partial charge in [0.1, 0.15) is 0 Å².